The van der Waals surface area contributed by atoms with Crippen molar-refractivity contribution >= 4 is 6.09 Å². The molecule has 2 rings (SSSR count). The standard InChI is InChI=1S/C17H33N3O2/c1-17(2,3)22-16(21)20-12-8-15(9-13-20)18-14-6-5-10-19(4)11-7-14/h14-15,18H,5-13H2,1-4H3. The molecule has 5 nitrogen and oxygen atoms in total. The van der Waals surface area contributed by atoms with Gasteiger partial charge in [-0.3, -0.25) is 0 Å². The molecule has 1 amide bonds. The Hall–Kier alpha value is -0.810. The van der Waals surface area contributed by atoms with E-state index in [1.54, 1.807) is 0 Å². The van der Waals surface area contributed by atoms with E-state index in [2.05, 4.69) is 17.3 Å². The summed E-state index contributed by atoms with van der Waals surface area (Å²) in [5.74, 6) is 0. The minimum Gasteiger partial charge on any atom is -0.444 e. The molecule has 0 aromatic heterocycles. The van der Waals surface area contributed by atoms with E-state index < -0.39 is 5.60 Å². The molecule has 0 bridgehead atoms. The summed E-state index contributed by atoms with van der Waals surface area (Å²) in [7, 11) is 2.21. The third-order valence-corrected chi connectivity index (χ3v) is 4.57. The molecule has 2 aliphatic heterocycles. The second kappa shape index (κ2) is 7.64. The van der Waals surface area contributed by atoms with E-state index >= 15 is 0 Å². The molecule has 5 heteroatoms. The van der Waals surface area contributed by atoms with Gasteiger partial charge in [-0.2, -0.15) is 0 Å². The molecule has 1 atom stereocenters. The Labute approximate surface area is 135 Å². The second-order valence-corrected chi connectivity index (χ2v) is 7.84. The number of ether oxygens (including phenoxy) is 1. The lowest BCUT2D eigenvalue weighted by atomic mass is 10.0. The van der Waals surface area contributed by atoms with Crippen molar-refractivity contribution in [1.29, 1.82) is 0 Å². The summed E-state index contributed by atoms with van der Waals surface area (Å²) < 4.78 is 5.45. The lowest BCUT2D eigenvalue weighted by Crippen LogP contribution is -2.48. The minimum absolute atomic E-state index is 0.165. The molecule has 0 aromatic carbocycles. The molecule has 128 valence electrons. The lowest BCUT2D eigenvalue weighted by Gasteiger charge is -2.35. The van der Waals surface area contributed by atoms with Crippen LogP contribution in [-0.2, 0) is 4.74 Å². The molecule has 1 N–H and O–H groups in total. The Bertz CT molecular complexity index is 359. The number of hydrogen-bond donors (Lipinski definition) is 1. The predicted molar refractivity (Wildman–Crippen MR) is 89.1 cm³/mol. The highest BCUT2D eigenvalue weighted by Gasteiger charge is 2.28. The van der Waals surface area contributed by atoms with E-state index in [1.807, 2.05) is 25.7 Å². The van der Waals surface area contributed by atoms with Gasteiger partial charge in [-0.05, 0) is 73.0 Å². The fourth-order valence-corrected chi connectivity index (χ4v) is 3.30. The SMILES string of the molecule is CN1CCCC(NC2CCN(C(=O)OC(C)(C)C)CC2)CC1. The van der Waals surface area contributed by atoms with Gasteiger partial charge in [-0.15, -0.1) is 0 Å². The molecule has 2 aliphatic rings. The summed E-state index contributed by atoms with van der Waals surface area (Å²) in [6.07, 6.45) is 5.70. The van der Waals surface area contributed by atoms with Crippen LogP contribution in [0, 0.1) is 0 Å². The first-order chi connectivity index (χ1) is 10.3. The Morgan fingerprint density at radius 1 is 1.00 bits per heavy atom. The van der Waals surface area contributed by atoms with Crippen molar-refractivity contribution in [2.75, 3.05) is 33.2 Å². The number of nitrogens with zero attached hydrogens (tertiary/aromatic N) is 2. The number of hydrogen-bond acceptors (Lipinski definition) is 4. The van der Waals surface area contributed by atoms with Crippen molar-refractivity contribution in [3.63, 3.8) is 0 Å². The monoisotopic (exact) mass is 311 g/mol. The van der Waals surface area contributed by atoms with Gasteiger partial charge in [0.2, 0.25) is 0 Å². The highest BCUT2D eigenvalue weighted by molar-refractivity contribution is 5.68. The Kier molecular flexibility index (Phi) is 6.09. The van der Waals surface area contributed by atoms with E-state index in [1.165, 1.54) is 32.4 Å². The van der Waals surface area contributed by atoms with Gasteiger partial charge in [0.05, 0.1) is 0 Å². The molecule has 2 fully saturated rings. The van der Waals surface area contributed by atoms with Crippen molar-refractivity contribution in [3.05, 3.63) is 0 Å². The lowest BCUT2D eigenvalue weighted by molar-refractivity contribution is 0.0195. The van der Waals surface area contributed by atoms with E-state index in [0.29, 0.717) is 12.1 Å². The normalized spacial score (nSPS) is 25.8. The van der Waals surface area contributed by atoms with E-state index in [4.69, 9.17) is 4.74 Å². The maximum absolute atomic E-state index is 12.1. The van der Waals surface area contributed by atoms with Gasteiger partial charge in [-0.25, -0.2) is 4.79 Å². The van der Waals surface area contributed by atoms with Crippen LogP contribution in [0.1, 0.15) is 52.9 Å². The molecular formula is C17H33N3O2. The summed E-state index contributed by atoms with van der Waals surface area (Å²) in [4.78, 5) is 16.3. The first kappa shape index (κ1) is 17.5. The van der Waals surface area contributed by atoms with Crippen molar-refractivity contribution in [2.45, 2.75) is 70.6 Å². The summed E-state index contributed by atoms with van der Waals surface area (Å²) in [6, 6.07) is 1.19. The Morgan fingerprint density at radius 2 is 1.59 bits per heavy atom. The summed E-state index contributed by atoms with van der Waals surface area (Å²) in [5, 5.41) is 3.82. The molecule has 22 heavy (non-hydrogen) atoms. The van der Waals surface area contributed by atoms with E-state index in [9.17, 15) is 4.79 Å². The van der Waals surface area contributed by atoms with Gasteiger partial charge in [0.1, 0.15) is 5.60 Å². The molecule has 0 aromatic rings. The Balaban J connectivity index is 1.71. The molecule has 0 aliphatic carbocycles. The number of carbonyl (C=O) groups excluding carboxylic acids is 1. The van der Waals surface area contributed by atoms with Gasteiger partial charge in [0.25, 0.3) is 0 Å². The van der Waals surface area contributed by atoms with Crippen LogP contribution in [-0.4, -0.2) is 66.8 Å². The fraction of sp³-hybridized carbons (Fsp3) is 0.941. The van der Waals surface area contributed by atoms with Crippen molar-refractivity contribution in [2.24, 2.45) is 0 Å². The minimum atomic E-state index is -0.404. The van der Waals surface area contributed by atoms with Crippen LogP contribution < -0.4 is 5.32 Å². The van der Waals surface area contributed by atoms with Crippen LogP contribution in [0.2, 0.25) is 0 Å². The molecule has 0 radical (unpaired) electrons. The summed E-state index contributed by atoms with van der Waals surface area (Å²) >= 11 is 0. The van der Waals surface area contributed by atoms with Crippen LogP contribution in [0.5, 0.6) is 0 Å². The van der Waals surface area contributed by atoms with Crippen molar-refractivity contribution in [3.8, 4) is 0 Å². The number of rotatable bonds is 2. The average Bonchev–Trinajstić information content (AvgIpc) is 2.63. The number of likely N-dealkylation sites (tertiary alicyclic amines) is 2. The molecule has 1 unspecified atom stereocenters. The van der Waals surface area contributed by atoms with Crippen LogP contribution in [0.3, 0.4) is 0 Å². The summed E-state index contributed by atoms with van der Waals surface area (Å²) in [5.41, 5.74) is -0.404. The smallest absolute Gasteiger partial charge is 0.410 e. The number of amides is 1. The fourth-order valence-electron chi connectivity index (χ4n) is 3.30. The third kappa shape index (κ3) is 5.76. The molecule has 2 heterocycles. The number of piperidine rings is 1. The van der Waals surface area contributed by atoms with E-state index in [-0.39, 0.29) is 6.09 Å². The van der Waals surface area contributed by atoms with Crippen molar-refractivity contribution < 1.29 is 9.53 Å². The largest absolute Gasteiger partial charge is 0.444 e. The molecule has 0 saturated carbocycles. The van der Waals surface area contributed by atoms with Crippen LogP contribution in [0.4, 0.5) is 4.79 Å². The van der Waals surface area contributed by atoms with Crippen LogP contribution in [0.25, 0.3) is 0 Å². The molecule has 0 spiro atoms. The predicted octanol–water partition coefficient (Wildman–Crippen LogP) is 2.46. The topological polar surface area (TPSA) is 44.8 Å². The zero-order chi connectivity index (χ0) is 16.2. The first-order valence-electron chi connectivity index (χ1n) is 8.76. The highest BCUT2D eigenvalue weighted by Crippen LogP contribution is 2.18. The quantitative estimate of drug-likeness (QED) is 0.851. The second-order valence-electron chi connectivity index (χ2n) is 7.84. The first-order valence-corrected chi connectivity index (χ1v) is 8.76. The highest BCUT2D eigenvalue weighted by atomic mass is 16.6. The van der Waals surface area contributed by atoms with Crippen LogP contribution >= 0.6 is 0 Å². The Morgan fingerprint density at radius 3 is 2.23 bits per heavy atom. The van der Waals surface area contributed by atoms with Crippen molar-refractivity contribution in [1.82, 2.24) is 15.1 Å². The zero-order valence-electron chi connectivity index (χ0n) is 14.7. The van der Waals surface area contributed by atoms with Gasteiger partial charge < -0.3 is 19.9 Å². The zero-order valence-corrected chi connectivity index (χ0v) is 14.7. The number of carbonyl (C=O) groups is 1. The van der Waals surface area contributed by atoms with Gasteiger partial charge in [0, 0.05) is 25.2 Å². The molecule has 2 saturated heterocycles. The van der Waals surface area contributed by atoms with Gasteiger partial charge in [0.15, 0.2) is 0 Å². The average molecular weight is 311 g/mol. The van der Waals surface area contributed by atoms with Gasteiger partial charge >= 0.3 is 6.09 Å². The van der Waals surface area contributed by atoms with Gasteiger partial charge in [-0.1, -0.05) is 0 Å². The summed E-state index contributed by atoms with van der Waals surface area (Å²) in [6.45, 7) is 9.77. The van der Waals surface area contributed by atoms with Crippen LogP contribution in [0.15, 0.2) is 0 Å². The third-order valence-electron chi connectivity index (χ3n) is 4.57. The maximum atomic E-state index is 12.1. The molecular weight excluding hydrogens is 278 g/mol. The van der Waals surface area contributed by atoms with E-state index in [0.717, 1.165) is 25.9 Å². The maximum Gasteiger partial charge on any atom is 0.410 e. The number of nitrogens with one attached hydrogen (secondary N) is 1.